The van der Waals surface area contributed by atoms with Gasteiger partial charge in [0.1, 0.15) is 13.1 Å². The van der Waals surface area contributed by atoms with Gasteiger partial charge in [-0.2, -0.15) is 0 Å². The highest BCUT2D eigenvalue weighted by atomic mass is 35.5. The fourth-order valence-electron chi connectivity index (χ4n) is 3.26. The number of imide groups is 1. The molecule has 2 saturated heterocycles. The Morgan fingerprint density at radius 2 is 2.24 bits per heavy atom. The predicted octanol–water partition coefficient (Wildman–Crippen LogP) is 0.838. The van der Waals surface area contributed by atoms with Crippen LogP contribution in [0.1, 0.15) is 19.8 Å². The number of nitrogens with zero attached hydrogens (tertiary/aromatic N) is 3. The minimum atomic E-state index is -0.504. The highest BCUT2D eigenvalue weighted by Gasteiger charge is 2.35. The number of urea groups is 1. The first-order valence-electron chi connectivity index (χ1n) is 8.09. The molecule has 1 aromatic rings. The maximum absolute atomic E-state index is 12.3. The molecule has 0 saturated carbocycles. The second kappa shape index (κ2) is 8.48. The van der Waals surface area contributed by atoms with Gasteiger partial charge in [-0.1, -0.05) is 13.3 Å². The SMILES string of the molecule is CCC[C@H]1CN(c2nccs2)C[C@@H]1NC(=O)CN1CC(=O)NC1=O.Cl. The van der Waals surface area contributed by atoms with E-state index in [0.29, 0.717) is 5.92 Å². The quantitative estimate of drug-likeness (QED) is 0.705. The summed E-state index contributed by atoms with van der Waals surface area (Å²) < 4.78 is 0. The normalized spacial score (nSPS) is 22.8. The fraction of sp³-hybridized carbons (Fsp3) is 0.600. The molecule has 4 amide bonds. The van der Waals surface area contributed by atoms with Crippen molar-refractivity contribution in [1.29, 1.82) is 0 Å². The number of amides is 4. The molecule has 2 aliphatic heterocycles. The van der Waals surface area contributed by atoms with Crippen molar-refractivity contribution < 1.29 is 14.4 Å². The second-order valence-electron chi connectivity index (χ2n) is 6.15. The average Bonchev–Trinajstić information content (AvgIpc) is 3.22. The van der Waals surface area contributed by atoms with Crippen molar-refractivity contribution in [2.45, 2.75) is 25.8 Å². The van der Waals surface area contributed by atoms with Crippen LogP contribution in [0.25, 0.3) is 0 Å². The van der Waals surface area contributed by atoms with E-state index in [0.717, 1.165) is 31.1 Å². The van der Waals surface area contributed by atoms with Crippen LogP contribution in [-0.2, 0) is 9.59 Å². The monoisotopic (exact) mass is 387 g/mol. The summed E-state index contributed by atoms with van der Waals surface area (Å²) in [5, 5.41) is 8.12. The molecule has 0 radical (unpaired) electrons. The van der Waals surface area contributed by atoms with Gasteiger partial charge >= 0.3 is 6.03 Å². The van der Waals surface area contributed by atoms with E-state index in [1.807, 2.05) is 5.38 Å². The Hall–Kier alpha value is -1.87. The van der Waals surface area contributed by atoms with Crippen LogP contribution in [0.4, 0.5) is 9.93 Å². The van der Waals surface area contributed by atoms with Gasteiger partial charge in [0.2, 0.25) is 11.8 Å². The molecular formula is C15H22ClN5O3S. The van der Waals surface area contributed by atoms with Crippen molar-refractivity contribution in [3.05, 3.63) is 11.6 Å². The standard InChI is InChI=1S/C15H21N5O3S.ClH/c1-2-3-10-6-20(15-16-4-5-24-15)7-11(10)17-12(21)8-19-9-13(22)18-14(19)23;/h4-5,10-11H,2-3,6-9H2,1H3,(H,17,21)(H,18,22,23);1H/t10-,11-;/m0./s1. The van der Waals surface area contributed by atoms with Crippen molar-refractivity contribution in [2.24, 2.45) is 5.92 Å². The lowest BCUT2D eigenvalue weighted by Gasteiger charge is -2.20. The van der Waals surface area contributed by atoms with Crippen LogP contribution < -0.4 is 15.5 Å². The van der Waals surface area contributed by atoms with Crippen LogP contribution >= 0.6 is 23.7 Å². The molecule has 2 N–H and O–H groups in total. The van der Waals surface area contributed by atoms with Crippen LogP contribution in [0.3, 0.4) is 0 Å². The number of carbonyl (C=O) groups excluding carboxylic acids is 3. The van der Waals surface area contributed by atoms with Crippen LogP contribution in [-0.4, -0.2) is 60.0 Å². The van der Waals surface area contributed by atoms with Gasteiger partial charge in [0.05, 0.1) is 6.04 Å². The van der Waals surface area contributed by atoms with Gasteiger partial charge in [-0.25, -0.2) is 9.78 Å². The number of anilines is 1. The minimum Gasteiger partial charge on any atom is -0.350 e. The zero-order valence-corrected chi connectivity index (χ0v) is 15.6. The largest absolute Gasteiger partial charge is 0.350 e. The zero-order valence-electron chi connectivity index (χ0n) is 13.9. The van der Waals surface area contributed by atoms with Gasteiger partial charge in [-0.05, 0) is 12.3 Å². The maximum atomic E-state index is 12.3. The molecule has 0 aliphatic carbocycles. The van der Waals surface area contributed by atoms with Crippen molar-refractivity contribution in [3.8, 4) is 0 Å². The number of hydrogen-bond acceptors (Lipinski definition) is 6. The summed E-state index contributed by atoms with van der Waals surface area (Å²) in [5.74, 6) is -0.240. The van der Waals surface area contributed by atoms with Gasteiger partial charge in [0, 0.05) is 24.7 Å². The van der Waals surface area contributed by atoms with E-state index < -0.39 is 6.03 Å². The molecule has 3 rings (SSSR count). The number of nitrogens with one attached hydrogen (secondary N) is 2. The van der Waals surface area contributed by atoms with Gasteiger partial charge < -0.3 is 15.1 Å². The number of carbonyl (C=O) groups is 3. The van der Waals surface area contributed by atoms with E-state index in [2.05, 4.69) is 27.4 Å². The highest BCUT2D eigenvalue weighted by molar-refractivity contribution is 7.13. The predicted molar refractivity (Wildman–Crippen MR) is 97.0 cm³/mol. The molecular weight excluding hydrogens is 366 g/mol. The number of halogens is 1. The van der Waals surface area contributed by atoms with E-state index in [9.17, 15) is 14.4 Å². The first kappa shape index (κ1) is 19.5. The zero-order chi connectivity index (χ0) is 17.1. The van der Waals surface area contributed by atoms with Gasteiger partial charge in [-0.15, -0.1) is 23.7 Å². The fourth-order valence-corrected chi connectivity index (χ4v) is 3.93. The molecule has 1 aromatic heterocycles. The maximum Gasteiger partial charge on any atom is 0.325 e. The first-order chi connectivity index (χ1) is 11.6. The lowest BCUT2D eigenvalue weighted by atomic mass is 9.98. The van der Waals surface area contributed by atoms with Gasteiger partial charge in [0.15, 0.2) is 5.13 Å². The molecule has 0 bridgehead atoms. The molecule has 2 atom stereocenters. The number of aromatic nitrogens is 1. The molecule has 0 aromatic carbocycles. The van der Waals surface area contributed by atoms with Crippen LogP contribution in [0, 0.1) is 5.92 Å². The lowest BCUT2D eigenvalue weighted by Crippen LogP contribution is -2.46. The minimum absolute atomic E-state index is 0. The Kier molecular flexibility index (Phi) is 6.60. The Balaban J connectivity index is 0.00000225. The summed E-state index contributed by atoms with van der Waals surface area (Å²) in [6, 6.07) is -0.473. The Bertz CT molecular complexity index is 627. The van der Waals surface area contributed by atoms with Crippen molar-refractivity contribution in [1.82, 2.24) is 20.5 Å². The van der Waals surface area contributed by atoms with Crippen molar-refractivity contribution in [3.63, 3.8) is 0 Å². The molecule has 138 valence electrons. The van der Waals surface area contributed by atoms with Crippen LogP contribution in [0.2, 0.25) is 0 Å². The van der Waals surface area contributed by atoms with E-state index in [1.54, 1.807) is 17.5 Å². The summed E-state index contributed by atoms with van der Waals surface area (Å²) in [5.41, 5.74) is 0. The second-order valence-corrected chi connectivity index (χ2v) is 7.02. The summed E-state index contributed by atoms with van der Waals surface area (Å²) >= 11 is 1.59. The summed E-state index contributed by atoms with van der Waals surface area (Å²) in [7, 11) is 0. The Morgan fingerprint density at radius 3 is 2.84 bits per heavy atom. The molecule has 0 unspecified atom stereocenters. The van der Waals surface area contributed by atoms with E-state index in [4.69, 9.17) is 0 Å². The molecule has 0 spiro atoms. The number of rotatable bonds is 6. The number of hydrogen-bond donors (Lipinski definition) is 2. The molecule has 3 heterocycles. The first-order valence-corrected chi connectivity index (χ1v) is 8.97. The molecule has 25 heavy (non-hydrogen) atoms. The lowest BCUT2D eigenvalue weighted by molar-refractivity contribution is -0.122. The summed E-state index contributed by atoms with van der Waals surface area (Å²) in [6.45, 7) is 3.57. The molecule has 2 aliphatic rings. The van der Waals surface area contributed by atoms with Gasteiger partial charge in [0.25, 0.3) is 0 Å². The van der Waals surface area contributed by atoms with Crippen LogP contribution in [0.15, 0.2) is 11.6 Å². The van der Waals surface area contributed by atoms with E-state index in [-0.39, 0.29) is 43.4 Å². The van der Waals surface area contributed by atoms with E-state index >= 15 is 0 Å². The Morgan fingerprint density at radius 1 is 1.44 bits per heavy atom. The summed E-state index contributed by atoms with van der Waals surface area (Å²) in [4.78, 5) is 42.7. The Labute approximate surface area is 156 Å². The highest BCUT2D eigenvalue weighted by Crippen LogP contribution is 2.28. The third-order valence-electron chi connectivity index (χ3n) is 4.34. The third-order valence-corrected chi connectivity index (χ3v) is 5.17. The van der Waals surface area contributed by atoms with Crippen LogP contribution in [0.5, 0.6) is 0 Å². The molecule has 2 fully saturated rings. The average molecular weight is 388 g/mol. The molecule has 10 heteroatoms. The van der Waals surface area contributed by atoms with Crippen molar-refractivity contribution >= 4 is 46.7 Å². The van der Waals surface area contributed by atoms with E-state index in [1.165, 1.54) is 4.90 Å². The third kappa shape index (κ3) is 4.60. The summed E-state index contributed by atoms with van der Waals surface area (Å²) in [6.07, 6.45) is 3.85. The molecule has 8 nitrogen and oxygen atoms in total. The smallest absolute Gasteiger partial charge is 0.325 e. The topological polar surface area (TPSA) is 94.6 Å². The van der Waals surface area contributed by atoms with Crippen molar-refractivity contribution in [2.75, 3.05) is 31.1 Å². The van der Waals surface area contributed by atoms with Gasteiger partial charge in [-0.3, -0.25) is 14.9 Å². The number of thiazole rings is 1.